The first-order valence-electron chi connectivity index (χ1n) is 8.03. The van der Waals surface area contributed by atoms with Gasteiger partial charge in [-0.3, -0.25) is 0 Å². The molecule has 1 aromatic carbocycles. The molecule has 1 aromatic heterocycles. The molecule has 21 heavy (non-hydrogen) atoms. The number of rotatable bonds is 3. The van der Waals surface area contributed by atoms with E-state index in [1.165, 1.54) is 19.3 Å². The lowest BCUT2D eigenvalue weighted by Crippen LogP contribution is -2.24. The molecule has 0 bridgehead atoms. The van der Waals surface area contributed by atoms with Crippen LogP contribution in [0.15, 0.2) is 28.7 Å². The molecule has 1 fully saturated rings. The largest absolute Gasteiger partial charge is 0.456 e. The second-order valence-electron chi connectivity index (χ2n) is 6.39. The molecule has 1 aliphatic rings. The summed E-state index contributed by atoms with van der Waals surface area (Å²) in [6.07, 6.45) is 7.42. The Kier molecular flexibility index (Phi) is 4.28. The predicted octanol–water partition coefficient (Wildman–Crippen LogP) is 5.65. The number of aliphatic hydroxyl groups is 1. The van der Waals surface area contributed by atoms with E-state index in [1.807, 2.05) is 24.3 Å². The average molecular weight is 307 g/mol. The number of furan rings is 1. The Labute approximate surface area is 131 Å². The van der Waals surface area contributed by atoms with E-state index in [0.29, 0.717) is 16.4 Å². The van der Waals surface area contributed by atoms with Gasteiger partial charge in [0, 0.05) is 5.39 Å². The molecular formula is C18H23ClO2. The summed E-state index contributed by atoms with van der Waals surface area (Å²) < 4.78 is 5.91. The van der Waals surface area contributed by atoms with Crippen molar-refractivity contribution >= 4 is 22.6 Å². The lowest BCUT2D eigenvalue weighted by molar-refractivity contribution is 0.000109. The Morgan fingerprint density at radius 3 is 2.95 bits per heavy atom. The second kappa shape index (κ2) is 6.02. The number of hydrogen-bond donors (Lipinski definition) is 1. The highest BCUT2D eigenvalue weighted by molar-refractivity contribution is 6.34. The number of hydrogen-bond acceptors (Lipinski definition) is 2. The average Bonchev–Trinajstić information content (AvgIpc) is 2.83. The minimum absolute atomic E-state index is 0.611. The van der Waals surface area contributed by atoms with Crippen LogP contribution in [-0.4, -0.2) is 5.11 Å². The molecule has 2 aromatic rings. The van der Waals surface area contributed by atoms with Gasteiger partial charge in [-0.2, -0.15) is 0 Å². The summed E-state index contributed by atoms with van der Waals surface area (Å²) in [5, 5.41) is 12.6. The zero-order valence-corrected chi connectivity index (χ0v) is 13.3. The van der Waals surface area contributed by atoms with Crippen molar-refractivity contribution in [2.24, 2.45) is 5.92 Å². The Hall–Kier alpha value is -0.990. The first-order chi connectivity index (χ1) is 10.1. The summed E-state index contributed by atoms with van der Waals surface area (Å²) in [4.78, 5) is 0. The maximum Gasteiger partial charge on any atom is 0.153 e. The van der Waals surface area contributed by atoms with Crippen molar-refractivity contribution in [3.05, 3.63) is 35.0 Å². The van der Waals surface area contributed by atoms with Crippen LogP contribution in [0.5, 0.6) is 0 Å². The van der Waals surface area contributed by atoms with Gasteiger partial charge in [0.1, 0.15) is 11.4 Å². The van der Waals surface area contributed by atoms with Crippen molar-refractivity contribution in [2.75, 3.05) is 0 Å². The van der Waals surface area contributed by atoms with E-state index in [0.717, 1.165) is 37.0 Å². The number of benzene rings is 1. The molecule has 2 nitrogen and oxygen atoms in total. The molecule has 1 N–H and O–H groups in total. The van der Waals surface area contributed by atoms with Crippen molar-refractivity contribution in [3.63, 3.8) is 0 Å². The molecule has 0 spiro atoms. The molecule has 3 heteroatoms. The van der Waals surface area contributed by atoms with Gasteiger partial charge in [-0.25, -0.2) is 0 Å². The van der Waals surface area contributed by atoms with Crippen LogP contribution in [0.4, 0.5) is 0 Å². The Balaban J connectivity index is 1.88. The maximum absolute atomic E-state index is 11.1. The van der Waals surface area contributed by atoms with Gasteiger partial charge in [-0.05, 0) is 43.7 Å². The first-order valence-corrected chi connectivity index (χ1v) is 8.41. The van der Waals surface area contributed by atoms with Gasteiger partial charge in [0.25, 0.3) is 0 Å². The maximum atomic E-state index is 11.1. The molecule has 0 amide bonds. The Morgan fingerprint density at radius 2 is 2.19 bits per heavy atom. The lowest BCUT2D eigenvalue weighted by atomic mass is 9.90. The van der Waals surface area contributed by atoms with Gasteiger partial charge >= 0.3 is 0 Å². The zero-order chi connectivity index (χ0) is 14.9. The summed E-state index contributed by atoms with van der Waals surface area (Å²) in [6.45, 7) is 2.23. The van der Waals surface area contributed by atoms with E-state index < -0.39 is 5.60 Å². The van der Waals surface area contributed by atoms with Crippen LogP contribution in [0.25, 0.3) is 11.0 Å². The minimum atomic E-state index is -0.829. The van der Waals surface area contributed by atoms with E-state index in [2.05, 4.69) is 6.92 Å². The highest BCUT2D eigenvalue weighted by Crippen LogP contribution is 2.41. The highest BCUT2D eigenvalue weighted by Gasteiger charge is 2.35. The molecule has 2 atom stereocenters. The molecule has 1 saturated carbocycles. The minimum Gasteiger partial charge on any atom is -0.456 e. The summed E-state index contributed by atoms with van der Waals surface area (Å²) in [6, 6.07) is 7.68. The van der Waals surface area contributed by atoms with Crippen LogP contribution >= 0.6 is 11.6 Å². The molecule has 114 valence electrons. The number of para-hydroxylation sites is 1. The monoisotopic (exact) mass is 306 g/mol. The van der Waals surface area contributed by atoms with Crippen LogP contribution in [0.1, 0.15) is 57.6 Å². The van der Waals surface area contributed by atoms with Crippen LogP contribution in [0.3, 0.4) is 0 Å². The molecule has 3 rings (SSSR count). The fraction of sp³-hybridized carbons (Fsp3) is 0.556. The van der Waals surface area contributed by atoms with Gasteiger partial charge in [-0.15, -0.1) is 0 Å². The van der Waals surface area contributed by atoms with Gasteiger partial charge in [-0.1, -0.05) is 49.9 Å². The molecule has 0 radical (unpaired) electrons. The van der Waals surface area contributed by atoms with E-state index >= 15 is 0 Å². The van der Waals surface area contributed by atoms with E-state index in [-0.39, 0.29) is 0 Å². The fourth-order valence-corrected chi connectivity index (χ4v) is 3.82. The topological polar surface area (TPSA) is 33.4 Å². The first kappa shape index (κ1) is 14.9. The summed E-state index contributed by atoms with van der Waals surface area (Å²) in [5.74, 6) is 1.43. The molecular weight excluding hydrogens is 284 g/mol. The van der Waals surface area contributed by atoms with Crippen molar-refractivity contribution < 1.29 is 9.52 Å². The lowest BCUT2D eigenvalue weighted by Gasteiger charge is -2.24. The third kappa shape index (κ3) is 2.97. The zero-order valence-electron chi connectivity index (χ0n) is 12.6. The highest BCUT2D eigenvalue weighted by atomic mass is 35.5. The fourth-order valence-electron chi connectivity index (χ4n) is 3.60. The van der Waals surface area contributed by atoms with E-state index in [9.17, 15) is 5.11 Å². The standard InChI is InChI=1S/C18H23ClO2/c1-2-5-13-6-4-10-18(20,11-9-13)16-12-14-7-3-8-15(19)17(14)21-16/h3,7-8,12-13,20H,2,4-6,9-11H2,1H3. The van der Waals surface area contributed by atoms with Crippen molar-refractivity contribution in [3.8, 4) is 0 Å². The third-order valence-electron chi connectivity index (χ3n) is 4.82. The summed E-state index contributed by atoms with van der Waals surface area (Å²) in [7, 11) is 0. The van der Waals surface area contributed by atoms with Crippen molar-refractivity contribution in [1.82, 2.24) is 0 Å². The van der Waals surface area contributed by atoms with Crippen molar-refractivity contribution in [1.29, 1.82) is 0 Å². The Morgan fingerprint density at radius 1 is 1.33 bits per heavy atom. The molecule has 1 heterocycles. The summed E-state index contributed by atoms with van der Waals surface area (Å²) in [5.41, 5.74) is -0.137. The van der Waals surface area contributed by atoms with Crippen molar-refractivity contribution in [2.45, 2.75) is 57.5 Å². The van der Waals surface area contributed by atoms with Gasteiger partial charge < -0.3 is 9.52 Å². The third-order valence-corrected chi connectivity index (χ3v) is 5.12. The molecule has 0 saturated heterocycles. The molecule has 0 aliphatic heterocycles. The van der Waals surface area contributed by atoms with Gasteiger partial charge in [0.05, 0.1) is 5.02 Å². The number of halogens is 1. The predicted molar refractivity (Wildman–Crippen MR) is 86.6 cm³/mol. The van der Waals surface area contributed by atoms with Gasteiger partial charge in [0.15, 0.2) is 5.58 Å². The second-order valence-corrected chi connectivity index (χ2v) is 6.79. The number of fused-ring (bicyclic) bond motifs is 1. The van der Waals surface area contributed by atoms with Crippen LogP contribution in [-0.2, 0) is 5.60 Å². The molecule has 2 unspecified atom stereocenters. The quantitative estimate of drug-likeness (QED) is 0.743. The van der Waals surface area contributed by atoms with Crippen LogP contribution in [0, 0.1) is 5.92 Å². The smallest absolute Gasteiger partial charge is 0.153 e. The Bertz CT molecular complexity index is 619. The van der Waals surface area contributed by atoms with E-state index in [4.69, 9.17) is 16.0 Å². The van der Waals surface area contributed by atoms with Crippen LogP contribution in [0.2, 0.25) is 5.02 Å². The molecule has 1 aliphatic carbocycles. The van der Waals surface area contributed by atoms with E-state index in [1.54, 1.807) is 0 Å². The summed E-state index contributed by atoms with van der Waals surface area (Å²) >= 11 is 6.18. The van der Waals surface area contributed by atoms with Crippen LogP contribution < -0.4 is 0 Å². The van der Waals surface area contributed by atoms with Gasteiger partial charge in [0.2, 0.25) is 0 Å². The normalized spacial score (nSPS) is 26.9. The SMILES string of the molecule is CCCC1CCCC(O)(c2cc3cccc(Cl)c3o2)CC1.